The van der Waals surface area contributed by atoms with E-state index in [1.54, 1.807) is 36.7 Å². The summed E-state index contributed by atoms with van der Waals surface area (Å²) < 4.78 is 0. The second-order valence-corrected chi connectivity index (χ2v) is 7.59. The van der Waals surface area contributed by atoms with Crippen LogP contribution in [0.1, 0.15) is 33.4 Å². The number of hydrogen-bond donors (Lipinski definition) is 0. The van der Waals surface area contributed by atoms with Gasteiger partial charge in [-0.05, 0) is 35.4 Å². The van der Waals surface area contributed by atoms with Gasteiger partial charge in [-0.3, -0.25) is 0 Å². The average molecular weight is 465 g/mol. The maximum Gasteiger partial charge on any atom is 0.121 e. The van der Waals surface area contributed by atoms with Gasteiger partial charge >= 0.3 is 0 Å². The molecule has 0 radical (unpaired) electrons. The molecule has 0 spiro atoms. The lowest BCUT2D eigenvalue weighted by Gasteiger charge is -2.08. The van der Waals surface area contributed by atoms with Crippen molar-refractivity contribution >= 4 is 23.9 Å². The minimum absolute atomic E-state index is 0.559. The maximum absolute atomic E-state index is 9.00. The van der Waals surface area contributed by atoms with Crippen LogP contribution in [0.25, 0.3) is 0 Å². The van der Waals surface area contributed by atoms with Gasteiger partial charge in [0.1, 0.15) is 11.4 Å². The molecular weight excluding hydrogens is 444 g/mol. The van der Waals surface area contributed by atoms with Crippen LogP contribution in [-0.2, 0) is 0 Å². The van der Waals surface area contributed by atoms with E-state index in [4.69, 9.17) is 10.5 Å². The lowest BCUT2D eigenvalue weighted by atomic mass is 10.00. The van der Waals surface area contributed by atoms with Gasteiger partial charge in [0.2, 0.25) is 0 Å². The Hall–Kier alpha value is -5.46. The van der Waals surface area contributed by atoms with Gasteiger partial charge in [-0.25, -0.2) is 0 Å². The van der Waals surface area contributed by atoms with Crippen molar-refractivity contribution in [2.75, 3.05) is 0 Å². The predicted octanol–water partition coefficient (Wildman–Crippen LogP) is 5.78. The molecule has 0 saturated heterocycles. The molecule has 0 amide bonds. The summed E-state index contributed by atoms with van der Waals surface area (Å²) in [5.41, 5.74) is 5.60. The van der Waals surface area contributed by atoms with Crippen LogP contribution >= 0.6 is 0 Å². The fraction of sp³-hybridized carbons (Fsp3) is 0. The van der Waals surface area contributed by atoms with Crippen LogP contribution in [0.2, 0.25) is 0 Å². The van der Waals surface area contributed by atoms with Gasteiger partial charge < -0.3 is 0 Å². The molecule has 0 N–H and O–H groups in total. The molecule has 6 heteroatoms. The van der Waals surface area contributed by atoms with E-state index in [0.29, 0.717) is 22.6 Å². The molecule has 0 aliphatic carbocycles. The third-order valence-corrected chi connectivity index (χ3v) is 5.13. The van der Waals surface area contributed by atoms with Crippen molar-refractivity contribution in [3.05, 3.63) is 143 Å². The Balaban J connectivity index is 1.74. The lowest BCUT2D eigenvalue weighted by molar-refractivity contribution is 1.23. The van der Waals surface area contributed by atoms with E-state index in [1.807, 2.05) is 84.9 Å². The van der Waals surface area contributed by atoms with Gasteiger partial charge in [0.05, 0.1) is 35.7 Å². The fourth-order valence-electron chi connectivity index (χ4n) is 3.27. The Morgan fingerprint density at radius 2 is 0.861 bits per heavy atom. The van der Waals surface area contributed by atoms with E-state index in [1.165, 1.54) is 0 Å². The Bertz CT molecular complexity index is 1380. The molecule has 0 aromatic heterocycles. The summed E-state index contributed by atoms with van der Waals surface area (Å²) >= 11 is 0. The number of benzene rings is 4. The normalized spacial score (nSPS) is 11.9. The van der Waals surface area contributed by atoms with Crippen molar-refractivity contribution in [1.82, 2.24) is 0 Å². The van der Waals surface area contributed by atoms with Crippen LogP contribution in [0, 0.1) is 22.7 Å². The molecule has 36 heavy (non-hydrogen) atoms. The largest absolute Gasteiger partial charge is 0.192 e. The van der Waals surface area contributed by atoms with Crippen molar-refractivity contribution < 1.29 is 0 Å². The molecule has 0 heterocycles. The summed E-state index contributed by atoms with van der Waals surface area (Å²) in [5.74, 6) is 0. The number of rotatable bonds is 7. The van der Waals surface area contributed by atoms with Crippen LogP contribution < -0.4 is 0 Å². The minimum Gasteiger partial charge on any atom is -0.192 e. The van der Waals surface area contributed by atoms with Crippen LogP contribution in [0.5, 0.6) is 0 Å². The Labute approximate surface area is 209 Å². The highest BCUT2D eigenvalue weighted by Gasteiger charge is 2.15. The summed E-state index contributed by atoms with van der Waals surface area (Å²) in [6.45, 7) is 0. The smallest absolute Gasteiger partial charge is 0.121 e. The summed E-state index contributed by atoms with van der Waals surface area (Å²) in [6, 6.07) is 37.8. The van der Waals surface area contributed by atoms with E-state index in [2.05, 4.69) is 32.5 Å². The molecule has 6 nitrogen and oxygen atoms in total. The topological polar surface area (TPSA) is 97.0 Å². The van der Waals surface area contributed by atoms with Gasteiger partial charge in [0.15, 0.2) is 0 Å². The summed E-state index contributed by atoms with van der Waals surface area (Å²) in [4.78, 5) is 0. The van der Waals surface area contributed by atoms with Crippen LogP contribution in [0.4, 0.5) is 0 Å². The first-order chi connectivity index (χ1) is 17.8. The SMILES string of the molecule is N#Cc1ccc(/C=N/N=C(\C(=N/N=C/c2ccc(C#N)cc2)c2ccccc2)c2ccccc2)cc1. The zero-order valence-corrected chi connectivity index (χ0v) is 19.2. The zero-order valence-electron chi connectivity index (χ0n) is 19.2. The van der Waals surface area contributed by atoms with E-state index in [-0.39, 0.29) is 0 Å². The van der Waals surface area contributed by atoms with E-state index in [0.717, 1.165) is 22.3 Å². The standard InChI is InChI=1S/C30H20N6/c31-19-23-11-15-25(16-12-23)21-33-35-29(27-7-3-1-4-8-27)30(28-9-5-2-6-10-28)36-34-22-26-17-13-24(20-32)14-18-26/h1-18,21-22H/b33-21+,34-22+,35-29-,36-30-. The highest BCUT2D eigenvalue weighted by molar-refractivity contribution is 6.53. The average Bonchev–Trinajstić information content (AvgIpc) is 2.95. The van der Waals surface area contributed by atoms with Crippen LogP contribution in [-0.4, -0.2) is 23.9 Å². The summed E-state index contributed by atoms with van der Waals surface area (Å²) in [6.07, 6.45) is 3.26. The van der Waals surface area contributed by atoms with E-state index in [9.17, 15) is 0 Å². The molecule has 0 fully saturated rings. The van der Waals surface area contributed by atoms with Gasteiger partial charge in [-0.2, -0.15) is 20.7 Å². The third-order valence-electron chi connectivity index (χ3n) is 5.13. The van der Waals surface area contributed by atoms with Gasteiger partial charge in [0.25, 0.3) is 0 Å². The third kappa shape index (κ3) is 6.32. The Morgan fingerprint density at radius 1 is 0.500 bits per heavy atom. The molecule has 0 aliphatic rings. The quantitative estimate of drug-likeness (QED) is 0.256. The first kappa shape index (κ1) is 23.7. The summed E-state index contributed by atoms with van der Waals surface area (Å²) in [5, 5.41) is 35.7. The highest BCUT2D eigenvalue weighted by Crippen LogP contribution is 2.12. The molecule has 4 rings (SSSR count). The molecule has 0 unspecified atom stereocenters. The summed E-state index contributed by atoms with van der Waals surface area (Å²) in [7, 11) is 0. The molecule has 0 saturated carbocycles. The van der Waals surface area contributed by atoms with Crippen LogP contribution in [0.15, 0.2) is 130 Å². The second kappa shape index (κ2) is 12.1. The Kier molecular flexibility index (Phi) is 7.98. The first-order valence-electron chi connectivity index (χ1n) is 11.1. The van der Waals surface area contributed by atoms with E-state index >= 15 is 0 Å². The lowest BCUT2D eigenvalue weighted by Crippen LogP contribution is -2.17. The van der Waals surface area contributed by atoms with Gasteiger partial charge in [-0.1, -0.05) is 84.9 Å². The molecule has 0 atom stereocenters. The van der Waals surface area contributed by atoms with Crippen LogP contribution in [0.3, 0.4) is 0 Å². The first-order valence-corrected chi connectivity index (χ1v) is 11.1. The van der Waals surface area contributed by atoms with Gasteiger partial charge in [0, 0.05) is 11.1 Å². The minimum atomic E-state index is 0.559. The van der Waals surface area contributed by atoms with Crippen molar-refractivity contribution in [2.24, 2.45) is 20.4 Å². The van der Waals surface area contributed by atoms with Crippen molar-refractivity contribution in [3.8, 4) is 12.1 Å². The number of nitrogens with zero attached hydrogens (tertiary/aromatic N) is 6. The van der Waals surface area contributed by atoms with Crippen molar-refractivity contribution in [3.63, 3.8) is 0 Å². The monoisotopic (exact) mass is 464 g/mol. The second-order valence-electron chi connectivity index (χ2n) is 7.59. The molecule has 170 valence electrons. The predicted molar refractivity (Wildman–Crippen MR) is 143 cm³/mol. The molecule has 4 aromatic rings. The number of hydrogen-bond acceptors (Lipinski definition) is 6. The van der Waals surface area contributed by atoms with E-state index < -0.39 is 0 Å². The van der Waals surface area contributed by atoms with Crippen molar-refractivity contribution in [1.29, 1.82) is 10.5 Å². The molecular formula is C30H20N6. The zero-order chi connectivity index (χ0) is 25.0. The molecule has 0 bridgehead atoms. The van der Waals surface area contributed by atoms with Gasteiger partial charge in [-0.15, -0.1) is 10.2 Å². The number of nitriles is 2. The highest BCUT2D eigenvalue weighted by atomic mass is 15.2. The Morgan fingerprint density at radius 3 is 1.19 bits per heavy atom. The maximum atomic E-state index is 9.00. The molecule has 0 aliphatic heterocycles. The molecule has 4 aromatic carbocycles. The fourth-order valence-corrected chi connectivity index (χ4v) is 3.27. The van der Waals surface area contributed by atoms with Crippen molar-refractivity contribution in [2.45, 2.75) is 0 Å².